The van der Waals surface area contributed by atoms with E-state index in [4.69, 9.17) is 0 Å². The van der Waals surface area contributed by atoms with E-state index in [-0.39, 0.29) is 11.9 Å². The zero-order valence-electron chi connectivity index (χ0n) is 12.6. The summed E-state index contributed by atoms with van der Waals surface area (Å²) < 4.78 is 0. The largest absolute Gasteiger partial charge is 0.352 e. The van der Waals surface area contributed by atoms with Gasteiger partial charge in [-0.25, -0.2) is 9.97 Å². The van der Waals surface area contributed by atoms with E-state index in [1.165, 1.54) is 12.4 Å². The summed E-state index contributed by atoms with van der Waals surface area (Å²) in [7, 11) is 0. The molecule has 0 radical (unpaired) electrons. The standard InChI is InChI=1S/C16H20N4O/c1-11(2)20-16-18-9-14(10-19-16)15(21)17-8-13-7-5-4-6-12(13)3/h4-7,9-11H,8H2,1-3H3,(H,17,21)(H,18,19,20). The summed E-state index contributed by atoms with van der Waals surface area (Å²) in [5, 5.41) is 5.96. The van der Waals surface area contributed by atoms with Crippen LogP contribution in [0, 0.1) is 6.92 Å². The minimum Gasteiger partial charge on any atom is -0.352 e. The van der Waals surface area contributed by atoms with Crippen molar-refractivity contribution in [3.05, 3.63) is 53.3 Å². The molecule has 0 aliphatic heterocycles. The maximum absolute atomic E-state index is 12.1. The van der Waals surface area contributed by atoms with Gasteiger partial charge in [-0.05, 0) is 31.9 Å². The van der Waals surface area contributed by atoms with E-state index in [0.717, 1.165) is 11.1 Å². The molecule has 2 rings (SSSR count). The summed E-state index contributed by atoms with van der Waals surface area (Å²) in [5.41, 5.74) is 2.72. The minimum atomic E-state index is -0.172. The van der Waals surface area contributed by atoms with Gasteiger partial charge in [0.05, 0.1) is 5.56 Å². The lowest BCUT2D eigenvalue weighted by Crippen LogP contribution is -2.23. The summed E-state index contributed by atoms with van der Waals surface area (Å²) in [6, 6.07) is 8.23. The predicted molar refractivity (Wildman–Crippen MR) is 83.1 cm³/mol. The molecule has 0 unspecified atom stereocenters. The average molecular weight is 284 g/mol. The highest BCUT2D eigenvalue weighted by atomic mass is 16.1. The van der Waals surface area contributed by atoms with Crippen molar-refractivity contribution in [1.29, 1.82) is 0 Å². The third-order valence-electron chi connectivity index (χ3n) is 3.03. The number of rotatable bonds is 5. The molecule has 1 aromatic heterocycles. The summed E-state index contributed by atoms with van der Waals surface area (Å²) in [6.07, 6.45) is 3.07. The van der Waals surface area contributed by atoms with Gasteiger partial charge in [0.25, 0.3) is 5.91 Å². The fourth-order valence-corrected chi connectivity index (χ4v) is 1.86. The Labute approximate surface area is 124 Å². The number of benzene rings is 1. The quantitative estimate of drug-likeness (QED) is 0.885. The lowest BCUT2D eigenvalue weighted by Gasteiger charge is -2.09. The van der Waals surface area contributed by atoms with Gasteiger partial charge in [0.15, 0.2) is 0 Å². The van der Waals surface area contributed by atoms with Crippen molar-refractivity contribution < 1.29 is 4.79 Å². The molecule has 0 aliphatic carbocycles. The van der Waals surface area contributed by atoms with Crippen LogP contribution in [-0.4, -0.2) is 21.9 Å². The first kappa shape index (κ1) is 15.0. The number of carbonyl (C=O) groups excluding carboxylic acids is 1. The highest BCUT2D eigenvalue weighted by molar-refractivity contribution is 5.93. The molecule has 0 aliphatic rings. The fourth-order valence-electron chi connectivity index (χ4n) is 1.86. The summed E-state index contributed by atoms with van der Waals surface area (Å²) >= 11 is 0. The topological polar surface area (TPSA) is 66.9 Å². The van der Waals surface area contributed by atoms with Crippen LogP contribution in [-0.2, 0) is 6.54 Å². The van der Waals surface area contributed by atoms with Crippen LogP contribution in [0.5, 0.6) is 0 Å². The molecule has 5 nitrogen and oxygen atoms in total. The van der Waals surface area contributed by atoms with Crippen molar-refractivity contribution in [2.24, 2.45) is 0 Å². The number of carbonyl (C=O) groups is 1. The fraction of sp³-hybridized carbons (Fsp3) is 0.312. The van der Waals surface area contributed by atoms with Crippen molar-refractivity contribution in [3.8, 4) is 0 Å². The minimum absolute atomic E-state index is 0.172. The average Bonchev–Trinajstić information content (AvgIpc) is 2.46. The Hall–Kier alpha value is -2.43. The van der Waals surface area contributed by atoms with Gasteiger partial charge in [-0.1, -0.05) is 24.3 Å². The Balaban J connectivity index is 1.96. The van der Waals surface area contributed by atoms with Gasteiger partial charge in [-0.2, -0.15) is 0 Å². The molecule has 0 spiro atoms. The lowest BCUT2D eigenvalue weighted by molar-refractivity contribution is 0.0950. The maximum Gasteiger partial charge on any atom is 0.254 e. The first-order chi connectivity index (χ1) is 10.1. The van der Waals surface area contributed by atoms with Crippen LogP contribution in [0.25, 0.3) is 0 Å². The monoisotopic (exact) mass is 284 g/mol. The summed E-state index contributed by atoms with van der Waals surface area (Å²) in [5.74, 6) is 0.356. The molecular weight excluding hydrogens is 264 g/mol. The predicted octanol–water partition coefficient (Wildman–Crippen LogP) is 2.54. The molecular formula is C16H20N4O. The van der Waals surface area contributed by atoms with E-state index in [0.29, 0.717) is 18.1 Å². The van der Waals surface area contributed by atoms with Crippen LogP contribution < -0.4 is 10.6 Å². The molecule has 21 heavy (non-hydrogen) atoms. The van der Waals surface area contributed by atoms with Gasteiger partial charge in [-0.15, -0.1) is 0 Å². The van der Waals surface area contributed by atoms with Crippen LogP contribution in [0.3, 0.4) is 0 Å². The molecule has 0 atom stereocenters. The van der Waals surface area contributed by atoms with Crippen molar-refractivity contribution in [1.82, 2.24) is 15.3 Å². The molecule has 0 saturated heterocycles. The molecule has 5 heteroatoms. The molecule has 0 bridgehead atoms. The summed E-state index contributed by atoms with van der Waals surface area (Å²) in [6.45, 7) is 6.53. The van der Waals surface area contributed by atoms with E-state index in [1.54, 1.807) is 0 Å². The van der Waals surface area contributed by atoms with Crippen LogP contribution in [0.1, 0.15) is 35.3 Å². The molecule has 0 fully saturated rings. The number of anilines is 1. The maximum atomic E-state index is 12.1. The van der Waals surface area contributed by atoms with Crippen molar-refractivity contribution in [2.75, 3.05) is 5.32 Å². The molecule has 1 amide bonds. The lowest BCUT2D eigenvalue weighted by atomic mass is 10.1. The van der Waals surface area contributed by atoms with Gasteiger partial charge < -0.3 is 10.6 Å². The third kappa shape index (κ3) is 4.27. The van der Waals surface area contributed by atoms with E-state index >= 15 is 0 Å². The highest BCUT2D eigenvalue weighted by Gasteiger charge is 2.08. The Bertz CT molecular complexity index is 608. The Morgan fingerprint density at radius 3 is 2.48 bits per heavy atom. The van der Waals surface area contributed by atoms with E-state index in [9.17, 15) is 4.79 Å². The second-order valence-corrected chi connectivity index (χ2v) is 5.20. The van der Waals surface area contributed by atoms with Crippen LogP contribution in [0.4, 0.5) is 5.95 Å². The van der Waals surface area contributed by atoms with Crippen molar-refractivity contribution in [2.45, 2.75) is 33.4 Å². The van der Waals surface area contributed by atoms with Gasteiger partial charge in [0.1, 0.15) is 0 Å². The van der Waals surface area contributed by atoms with E-state index in [2.05, 4.69) is 20.6 Å². The van der Waals surface area contributed by atoms with Crippen LogP contribution in [0.15, 0.2) is 36.7 Å². The molecule has 1 heterocycles. The number of aryl methyl sites for hydroxylation is 1. The normalized spacial score (nSPS) is 10.5. The highest BCUT2D eigenvalue weighted by Crippen LogP contribution is 2.07. The molecule has 2 aromatic rings. The summed E-state index contributed by atoms with van der Waals surface area (Å²) in [4.78, 5) is 20.3. The molecule has 110 valence electrons. The number of nitrogens with zero attached hydrogens (tertiary/aromatic N) is 2. The first-order valence-electron chi connectivity index (χ1n) is 6.97. The van der Waals surface area contributed by atoms with Crippen LogP contribution in [0.2, 0.25) is 0 Å². The van der Waals surface area contributed by atoms with Crippen molar-refractivity contribution >= 4 is 11.9 Å². The van der Waals surface area contributed by atoms with Crippen LogP contribution >= 0.6 is 0 Å². The molecule has 2 N–H and O–H groups in total. The number of aromatic nitrogens is 2. The number of nitrogens with one attached hydrogen (secondary N) is 2. The van der Waals surface area contributed by atoms with E-state index < -0.39 is 0 Å². The van der Waals surface area contributed by atoms with Gasteiger partial charge in [-0.3, -0.25) is 4.79 Å². The third-order valence-corrected chi connectivity index (χ3v) is 3.03. The zero-order valence-corrected chi connectivity index (χ0v) is 12.6. The van der Waals surface area contributed by atoms with Crippen molar-refractivity contribution in [3.63, 3.8) is 0 Å². The Morgan fingerprint density at radius 1 is 1.19 bits per heavy atom. The first-order valence-corrected chi connectivity index (χ1v) is 6.97. The zero-order chi connectivity index (χ0) is 15.2. The molecule has 1 aromatic carbocycles. The SMILES string of the molecule is Cc1ccccc1CNC(=O)c1cnc(NC(C)C)nc1. The Kier molecular flexibility index (Phi) is 4.87. The van der Waals surface area contributed by atoms with Gasteiger partial charge >= 0.3 is 0 Å². The number of amides is 1. The molecule has 0 saturated carbocycles. The number of hydrogen-bond donors (Lipinski definition) is 2. The Morgan fingerprint density at radius 2 is 1.86 bits per heavy atom. The van der Waals surface area contributed by atoms with Gasteiger partial charge in [0.2, 0.25) is 5.95 Å². The smallest absolute Gasteiger partial charge is 0.254 e. The second kappa shape index (κ2) is 6.83. The second-order valence-electron chi connectivity index (χ2n) is 5.20. The van der Waals surface area contributed by atoms with Gasteiger partial charge in [0, 0.05) is 25.0 Å². The number of hydrogen-bond acceptors (Lipinski definition) is 4. The van der Waals surface area contributed by atoms with E-state index in [1.807, 2.05) is 45.0 Å².